The number of hydrogen-bond donors (Lipinski definition) is 5. The molecule has 1 amide bonds. The summed E-state index contributed by atoms with van der Waals surface area (Å²) in [6, 6.07) is 7.56. The third-order valence-electron chi connectivity index (χ3n) is 6.62. The molecule has 4 atom stereocenters. The number of aliphatic hydroxyl groups excluding tert-OH is 2. The second-order valence-electron chi connectivity index (χ2n) is 9.08. The topological polar surface area (TPSA) is 212 Å². The maximum absolute atomic E-state index is 12.4. The Morgan fingerprint density at radius 1 is 1.21 bits per heavy atom. The number of rotatable bonds is 8. The van der Waals surface area contributed by atoms with Gasteiger partial charge in [0.1, 0.15) is 18.3 Å². The number of benzene rings is 1. The number of nitrogen functional groups attached to an aromatic ring is 1. The van der Waals surface area contributed by atoms with Crippen LogP contribution in [-0.2, 0) is 30.4 Å². The van der Waals surface area contributed by atoms with E-state index in [-0.39, 0.29) is 18.0 Å². The zero-order valence-corrected chi connectivity index (χ0v) is 21.0. The molecule has 39 heavy (non-hydrogen) atoms. The lowest BCUT2D eigenvalue weighted by molar-refractivity contribution is -0.119. The molecular formula is C23H24N8O7S. The quantitative estimate of drug-likeness (QED) is 0.168. The van der Waals surface area contributed by atoms with E-state index in [9.17, 15) is 23.4 Å². The molecule has 0 saturated carbocycles. The highest BCUT2D eigenvalue weighted by atomic mass is 32.2. The largest absolute Gasteiger partial charge is 0.387 e. The first-order valence-corrected chi connectivity index (χ1v) is 13.3. The third kappa shape index (κ3) is 4.57. The molecule has 1 aromatic carbocycles. The number of amides is 1. The van der Waals surface area contributed by atoms with Crippen molar-refractivity contribution in [2.24, 2.45) is 0 Å². The van der Waals surface area contributed by atoms with Crippen molar-refractivity contribution in [3.05, 3.63) is 54.7 Å². The summed E-state index contributed by atoms with van der Waals surface area (Å²) in [6.07, 6.45) is 1.10. The molecule has 6 rings (SSSR count). The van der Waals surface area contributed by atoms with Gasteiger partial charge < -0.3 is 25.7 Å². The lowest BCUT2D eigenvalue weighted by atomic mass is 10.1. The predicted octanol–water partition coefficient (Wildman–Crippen LogP) is -0.228. The smallest absolute Gasteiger partial charge is 0.362 e. The molecule has 204 valence electrons. The Labute approximate surface area is 220 Å². The van der Waals surface area contributed by atoms with E-state index in [1.54, 1.807) is 12.4 Å². The molecule has 0 radical (unpaired) electrons. The molecule has 0 spiro atoms. The van der Waals surface area contributed by atoms with Crippen molar-refractivity contribution in [1.82, 2.24) is 33.6 Å². The molecule has 0 aliphatic carbocycles. The predicted molar refractivity (Wildman–Crippen MR) is 136 cm³/mol. The molecular weight excluding hydrogens is 532 g/mol. The Morgan fingerprint density at radius 2 is 2.03 bits per heavy atom. The number of aliphatic hydroxyl groups is 2. The molecule has 0 bridgehead atoms. The minimum absolute atomic E-state index is 0.0958. The highest BCUT2D eigenvalue weighted by Crippen LogP contribution is 2.32. The number of carbonyl (C=O) groups excluding carboxylic acids is 1. The monoisotopic (exact) mass is 556 g/mol. The number of para-hydroxylation sites is 1. The van der Waals surface area contributed by atoms with Crippen LogP contribution in [0.25, 0.3) is 27.7 Å². The first-order valence-electron chi connectivity index (χ1n) is 11.9. The summed E-state index contributed by atoms with van der Waals surface area (Å²) in [6.45, 7) is -0.660. The number of aromatic amines is 1. The van der Waals surface area contributed by atoms with Crippen molar-refractivity contribution in [2.45, 2.75) is 37.4 Å². The van der Waals surface area contributed by atoms with E-state index < -0.39 is 47.4 Å². The van der Waals surface area contributed by atoms with Gasteiger partial charge in [0.25, 0.3) is 0 Å². The van der Waals surface area contributed by atoms with Crippen molar-refractivity contribution in [3.8, 4) is 0 Å². The number of nitrogens with two attached hydrogens (primary N) is 1. The molecule has 15 nitrogen and oxygen atoms in total. The van der Waals surface area contributed by atoms with Gasteiger partial charge in [-0.25, -0.2) is 14.7 Å². The van der Waals surface area contributed by atoms with Gasteiger partial charge >= 0.3 is 10.3 Å². The number of nitrogens with zero attached hydrogens (tertiary/aromatic N) is 5. The second kappa shape index (κ2) is 9.58. The Balaban J connectivity index is 1.09. The van der Waals surface area contributed by atoms with Gasteiger partial charge in [-0.05, 0) is 18.1 Å². The number of imidazole rings is 2. The van der Waals surface area contributed by atoms with Gasteiger partial charge in [-0.2, -0.15) is 13.4 Å². The van der Waals surface area contributed by atoms with Crippen LogP contribution in [0.4, 0.5) is 5.95 Å². The normalized spacial score (nSPS) is 21.8. The fourth-order valence-electron chi connectivity index (χ4n) is 4.70. The van der Waals surface area contributed by atoms with Gasteiger partial charge in [-0.15, -0.1) is 0 Å². The molecule has 1 aliphatic heterocycles. The number of nitrogens with one attached hydrogen (secondary N) is 2. The first-order chi connectivity index (χ1) is 18.7. The number of fused-ring (bicyclic) bond motifs is 4. The highest BCUT2D eigenvalue weighted by Gasteiger charge is 2.45. The van der Waals surface area contributed by atoms with E-state index in [1.165, 1.54) is 21.5 Å². The average molecular weight is 557 g/mol. The van der Waals surface area contributed by atoms with Crippen LogP contribution in [-0.4, -0.2) is 78.4 Å². The average Bonchev–Trinajstić information content (AvgIpc) is 3.68. The molecule has 16 heteroatoms. The summed E-state index contributed by atoms with van der Waals surface area (Å²) in [5.41, 5.74) is 8.85. The van der Waals surface area contributed by atoms with E-state index in [2.05, 4.69) is 19.9 Å². The number of carbonyl (C=O) groups is 1. The van der Waals surface area contributed by atoms with E-state index in [0.717, 1.165) is 16.5 Å². The van der Waals surface area contributed by atoms with Crippen LogP contribution in [0, 0.1) is 0 Å². The van der Waals surface area contributed by atoms with Crippen LogP contribution in [0.15, 0.2) is 49.2 Å². The third-order valence-corrected chi connectivity index (χ3v) is 7.55. The molecule has 1 fully saturated rings. The zero-order chi connectivity index (χ0) is 27.3. The summed E-state index contributed by atoms with van der Waals surface area (Å²) in [5.74, 6) is -0.638. The van der Waals surface area contributed by atoms with Crippen LogP contribution in [0.3, 0.4) is 0 Å². The Bertz CT molecular complexity index is 1800. The lowest BCUT2D eigenvalue weighted by Gasteiger charge is -2.16. The van der Waals surface area contributed by atoms with Gasteiger partial charge in [0.05, 0.1) is 12.9 Å². The minimum Gasteiger partial charge on any atom is -0.387 e. The number of aryl methyl sites for hydroxylation is 1. The standard InChI is InChI=1S/C23H24N8O7S/c24-23-28-21-17(20-25-7-8-30(20)23)27-11-31(21)22-19(34)18(33)15(38-22)10-37-39(35,36)29-16(32)6-5-12-9-26-14-4-2-1-3-13(12)14/h1-4,7-9,11,15,18-19,22,26,33-34H,5-6,10H2,(H2,24,28)(H,29,32)/t15-,18-,19-,22-/m1/s1. The van der Waals surface area contributed by atoms with Crippen molar-refractivity contribution in [1.29, 1.82) is 0 Å². The number of hydrogen-bond acceptors (Lipinski definition) is 11. The number of H-pyrrole nitrogens is 1. The van der Waals surface area contributed by atoms with Gasteiger partial charge in [-0.1, -0.05) is 18.2 Å². The molecule has 1 saturated heterocycles. The molecule has 0 unspecified atom stereocenters. The summed E-state index contributed by atoms with van der Waals surface area (Å²) in [7, 11) is -4.51. The summed E-state index contributed by atoms with van der Waals surface area (Å²) < 4.78 is 40.1. The summed E-state index contributed by atoms with van der Waals surface area (Å²) in [4.78, 5) is 28.2. The minimum atomic E-state index is -4.51. The molecule has 4 aromatic heterocycles. The summed E-state index contributed by atoms with van der Waals surface area (Å²) in [5, 5.41) is 22.1. The van der Waals surface area contributed by atoms with E-state index in [4.69, 9.17) is 14.7 Å². The van der Waals surface area contributed by atoms with Crippen molar-refractivity contribution < 1.29 is 32.3 Å². The maximum Gasteiger partial charge on any atom is 0.362 e. The summed E-state index contributed by atoms with van der Waals surface area (Å²) >= 11 is 0. The number of anilines is 1. The molecule has 5 heterocycles. The Kier molecular flexibility index (Phi) is 6.19. The van der Waals surface area contributed by atoms with Crippen molar-refractivity contribution >= 4 is 49.9 Å². The molecule has 1 aliphatic rings. The molecule has 5 aromatic rings. The van der Waals surface area contributed by atoms with Gasteiger partial charge in [0.2, 0.25) is 11.9 Å². The fraction of sp³-hybridized carbons (Fsp3) is 0.304. The Hall–Kier alpha value is -4.09. The Morgan fingerprint density at radius 3 is 2.87 bits per heavy atom. The van der Waals surface area contributed by atoms with Crippen LogP contribution < -0.4 is 10.5 Å². The zero-order valence-electron chi connectivity index (χ0n) is 20.2. The number of aromatic nitrogens is 6. The second-order valence-corrected chi connectivity index (χ2v) is 10.4. The van der Waals surface area contributed by atoms with E-state index in [0.29, 0.717) is 17.6 Å². The van der Waals surface area contributed by atoms with E-state index >= 15 is 0 Å². The van der Waals surface area contributed by atoms with E-state index in [1.807, 2.05) is 29.0 Å². The van der Waals surface area contributed by atoms with Crippen molar-refractivity contribution in [3.63, 3.8) is 0 Å². The van der Waals surface area contributed by atoms with Crippen LogP contribution in [0.1, 0.15) is 18.2 Å². The number of ether oxygens (including phenoxy) is 1. The fourth-order valence-corrected chi connectivity index (χ4v) is 5.45. The molecule has 6 N–H and O–H groups in total. The lowest BCUT2D eigenvalue weighted by Crippen LogP contribution is -2.37. The van der Waals surface area contributed by atoms with Gasteiger partial charge in [-0.3, -0.25) is 17.9 Å². The SMILES string of the molecule is Nc1nc2c(ncn2[C@@H]2O[C@H](COS(=O)(=O)NC(=O)CCc3c[nH]c4ccccc34)[C@@H](O)[C@H]2O)c2nccn12. The van der Waals surface area contributed by atoms with Gasteiger partial charge in [0, 0.05) is 35.9 Å². The highest BCUT2D eigenvalue weighted by molar-refractivity contribution is 7.85. The first kappa shape index (κ1) is 25.2. The maximum atomic E-state index is 12.4. The van der Waals surface area contributed by atoms with Gasteiger partial charge in [0.15, 0.2) is 23.0 Å². The van der Waals surface area contributed by atoms with Crippen LogP contribution in [0.2, 0.25) is 0 Å². The van der Waals surface area contributed by atoms with Crippen LogP contribution >= 0.6 is 0 Å². The van der Waals surface area contributed by atoms with Crippen molar-refractivity contribution in [2.75, 3.05) is 12.3 Å². The van der Waals surface area contributed by atoms with Crippen LogP contribution in [0.5, 0.6) is 0 Å².